The number of carbonyl (C=O) groups is 1. The van der Waals surface area contributed by atoms with Crippen molar-refractivity contribution >= 4 is 5.91 Å². The number of aromatic nitrogens is 2. The van der Waals surface area contributed by atoms with E-state index in [1.165, 1.54) is 18.5 Å². The molecule has 0 aliphatic carbocycles. The Labute approximate surface area is 250 Å². The van der Waals surface area contributed by atoms with Gasteiger partial charge >= 0.3 is 6.36 Å². The molecule has 3 aliphatic rings. The summed E-state index contributed by atoms with van der Waals surface area (Å²) in [5.41, 5.74) is 2.91. The van der Waals surface area contributed by atoms with Crippen molar-refractivity contribution in [1.82, 2.24) is 20.2 Å². The molecule has 0 bridgehead atoms. The number of alkyl halides is 3. The molecule has 12 heteroatoms. The van der Waals surface area contributed by atoms with Crippen molar-refractivity contribution in [1.29, 1.82) is 0 Å². The topological polar surface area (TPSA) is 95.0 Å². The van der Waals surface area contributed by atoms with Crippen molar-refractivity contribution in [2.75, 3.05) is 33.4 Å². The molecule has 1 aromatic carbocycles. The highest BCUT2D eigenvalue weighted by molar-refractivity contribution is 5.93. The minimum absolute atomic E-state index is 0.0154. The second-order valence-electron chi connectivity index (χ2n) is 11.6. The van der Waals surface area contributed by atoms with Crippen LogP contribution in [0.15, 0.2) is 30.6 Å². The number of benzene rings is 1. The van der Waals surface area contributed by atoms with Gasteiger partial charge in [-0.2, -0.15) is 0 Å². The van der Waals surface area contributed by atoms with Crippen LogP contribution < -0.4 is 10.1 Å². The lowest BCUT2D eigenvalue weighted by atomic mass is 9.95. The number of nitrogens with one attached hydrogen (secondary N) is 1. The van der Waals surface area contributed by atoms with Gasteiger partial charge in [-0.1, -0.05) is 12.1 Å². The van der Waals surface area contributed by atoms with Gasteiger partial charge in [-0.25, -0.2) is 9.97 Å². The quantitative estimate of drug-likeness (QED) is 0.430. The molecular formula is C31H41F3N4O5. The molecule has 9 nitrogen and oxygen atoms in total. The number of hydrogen-bond acceptors (Lipinski definition) is 8. The smallest absolute Gasteiger partial charge is 0.406 e. The number of piperidine rings is 1. The van der Waals surface area contributed by atoms with Crippen molar-refractivity contribution in [3.05, 3.63) is 53.1 Å². The van der Waals surface area contributed by atoms with E-state index in [0.29, 0.717) is 37.9 Å². The van der Waals surface area contributed by atoms with Crippen molar-refractivity contribution in [3.8, 4) is 5.75 Å². The largest absolute Gasteiger partial charge is 0.573 e. The van der Waals surface area contributed by atoms with E-state index in [2.05, 4.69) is 20.0 Å². The zero-order valence-corrected chi connectivity index (χ0v) is 24.8. The van der Waals surface area contributed by atoms with E-state index in [0.717, 1.165) is 68.4 Å². The summed E-state index contributed by atoms with van der Waals surface area (Å²) in [4.78, 5) is 24.2. The van der Waals surface area contributed by atoms with Crippen LogP contribution in [0.1, 0.15) is 78.4 Å². The van der Waals surface area contributed by atoms with Crippen molar-refractivity contribution in [3.63, 3.8) is 0 Å². The molecule has 0 radical (unpaired) electrons. The number of halogens is 3. The van der Waals surface area contributed by atoms with Gasteiger partial charge in [-0.15, -0.1) is 13.2 Å². The first-order chi connectivity index (χ1) is 20.7. The summed E-state index contributed by atoms with van der Waals surface area (Å²) in [5.74, 6) is -0.309. The van der Waals surface area contributed by atoms with E-state index >= 15 is 0 Å². The minimum Gasteiger partial charge on any atom is -0.406 e. The second kappa shape index (κ2) is 14.3. The molecular weight excluding hydrogens is 565 g/mol. The maximum atomic E-state index is 13.5. The first-order valence-corrected chi connectivity index (χ1v) is 15.2. The van der Waals surface area contributed by atoms with Gasteiger partial charge in [0, 0.05) is 50.1 Å². The van der Waals surface area contributed by atoms with Crippen LogP contribution in [0.2, 0.25) is 0 Å². The molecule has 3 aliphatic heterocycles. The van der Waals surface area contributed by atoms with Gasteiger partial charge in [0.2, 0.25) is 0 Å². The molecule has 1 N–H and O–H groups in total. The number of methoxy groups -OCH3 is 1. The lowest BCUT2D eigenvalue weighted by Crippen LogP contribution is -2.54. The Bertz CT molecular complexity index is 1210. The van der Waals surface area contributed by atoms with Crippen molar-refractivity contribution in [2.24, 2.45) is 0 Å². The Morgan fingerprint density at radius 2 is 1.86 bits per heavy atom. The molecule has 1 aromatic heterocycles. The highest BCUT2D eigenvalue weighted by Gasteiger charge is 2.33. The molecule has 1 amide bonds. The number of rotatable bonds is 9. The average molecular weight is 607 g/mol. The van der Waals surface area contributed by atoms with Crippen LogP contribution in [0.4, 0.5) is 13.2 Å². The predicted molar refractivity (Wildman–Crippen MR) is 152 cm³/mol. The Hall–Kier alpha value is -2.80. The summed E-state index contributed by atoms with van der Waals surface area (Å²) in [7, 11) is 1.72. The Kier molecular flexibility index (Phi) is 10.5. The number of carbonyl (C=O) groups excluding carboxylic acids is 1. The molecule has 4 atom stereocenters. The van der Waals surface area contributed by atoms with Crippen LogP contribution in [0, 0.1) is 6.92 Å². The summed E-state index contributed by atoms with van der Waals surface area (Å²) in [6.07, 6.45) is 3.27. The molecule has 0 spiro atoms. The van der Waals surface area contributed by atoms with E-state index in [-0.39, 0.29) is 36.0 Å². The zero-order valence-electron chi connectivity index (χ0n) is 24.8. The summed E-state index contributed by atoms with van der Waals surface area (Å²) < 4.78 is 58.9. The van der Waals surface area contributed by atoms with Crippen LogP contribution in [0.5, 0.6) is 5.75 Å². The normalized spacial score (nSPS) is 25.5. The third-order valence-electron chi connectivity index (χ3n) is 8.77. The fourth-order valence-corrected chi connectivity index (χ4v) is 6.33. The first kappa shape index (κ1) is 31.6. The number of likely N-dealkylation sites (tertiary alicyclic amines) is 1. The van der Waals surface area contributed by atoms with E-state index in [1.54, 1.807) is 19.2 Å². The summed E-state index contributed by atoms with van der Waals surface area (Å²) >= 11 is 0. The molecule has 3 saturated heterocycles. The van der Waals surface area contributed by atoms with Gasteiger partial charge in [0.1, 0.15) is 17.8 Å². The second-order valence-corrected chi connectivity index (χ2v) is 11.6. The van der Waals surface area contributed by atoms with Crippen molar-refractivity contribution < 1.29 is 36.9 Å². The number of aryl methyl sites for hydroxylation is 1. The maximum absolute atomic E-state index is 13.5. The molecule has 4 heterocycles. The zero-order chi connectivity index (χ0) is 30.4. The minimum atomic E-state index is -4.72. The number of hydrogen-bond donors (Lipinski definition) is 1. The van der Waals surface area contributed by atoms with Crippen LogP contribution in [-0.4, -0.2) is 84.8 Å². The molecule has 0 unspecified atom stereocenters. The van der Waals surface area contributed by atoms with Crippen LogP contribution in [0.3, 0.4) is 0 Å². The predicted octanol–water partition coefficient (Wildman–Crippen LogP) is 4.92. The third-order valence-corrected chi connectivity index (χ3v) is 8.77. The summed E-state index contributed by atoms with van der Waals surface area (Å²) in [6.45, 7) is 4.57. The van der Waals surface area contributed by atoms with Gasteiger partial charge in [-0.3, -0.25) is 4.79 Å². The van der Waals surface area contributed by atoms with Crippen molar-refractivity contribution in [2.45, 2.75) is 95.0 Å². The van der Waals surface area contributed by atoms with E-state index in [9.17, 15) is 18.0 Å². The van der Waals surface area contributed by atoms with Gasteiger partial charge in [-0.05, 0) is 76.0 Å². The Morgan fingerprint density at radius 1 is 1.09 bits per heavy atom. The van der Waals surface area contributed by atoms with Gasteiger partial charge in [0.15, 0.2) is 0 Å². The fourth-order valence-electron chi connectivity index (χ4n) is 6.33. The lowest BCUT2D eigenvalue weighted by molar-refractivity contribution is -0.274. The fraction of sp³-hybridized carbons (Fsp3) is 0.645. The standard InChI is InChI=1S/C31H41F3N4O5/c1-20-25(11-10-23-4-3-5-27(42-23)21-6-8-24(9-7-21)43-31(32,33)34)35-19-36-29(20)30(39)38-15-12-22(13-16-38)37-26-14-17-41-18-28(26)40-2/h6-9,19,22-23,26-28,37H,3-5,10-18H2,1-2H3/t23-,26-,27+,28+/m1/s1. The third kappa shape index (κ3) is 8.43. The highest BCUT2D eigenvalue weighted by atomic mass is 19.4. The van der Waals surface area contributed by atoms with Gasteiger partial charge < -0.3 is 29.2 Å². The van der Waals surface area contributed by atoms with E-state index in [4.69, 9.17) is 14.2 Å². The molecule has 2 aromatic rings. The summed E-state index contributed by atoms with van der Waals surface area (Å²) in [5, 5.41) is 3.72. The SMILES string of the molecule is CO[C@H]1COCC[C@H]1NC1CCN(C(=O)c2ncnc(CC[C@H]3CCC[C@@H](c4ccc(OC(F)(F)F)cc4)O3)c2C)CC1. The highest BCUT2D eigenvalue weighted by Crippen LogP contribution is 2.34. The number of amides is 1. The Balaban J connectivity index is 1.12. The lowest BCUT2D eigenvalue weighted by Gasteiger charge is -2.38. The Morgan fingerprint density at radius 3 is 2.58 bits per heavy atom. The average Bonchev–Trinajstić information content (AvgIpc) is 3.01. The number of ether oxygens (including phenoxy) is 4. The van der Waals surface area contributed by atoms with Crippen LogP contribution in [-0.2, 0) is 20.6 Å². The molecule has 236 valence electrons. The van der Waals surface area contributed by atoms with Gasteiger partial charge in [0.05, 0.1) is 24.9 Å². The summed E-state index contributed by atoms with van der Waals surface area (Å²) in [6, 6.07) is 6.49. The van der Waals surface area contributed by atoms with Crippen LogP contribution >= 0.6 is 0 Å². The maximum Gasteiger partial charge on any atom is 0.573 e. The molecule has 5 rings (SSSR count). The first-order valence-electron chi connectivity index (χ1n) is 15.2. The molecule has 43 heavy (non-hydrogen) atoms. The van der Waals surface area contributed by atoms with E-state index in [1.807, 2.05) is 11.8 Å². The van der Waals surface area contributed by atoms with E-state index < -0.39 is 6.36 Å². The molecule has 3 fully saturated rings. The van der Waals surface area contributed by atoms with Crippen LogP contribution in [0.25, 0.3) is 0 Å². The number of nitrogens with zero attached hydrogens (tertiary/aromatic N) is 3. The monoisotopic (exact) mass is 606 g/mol. The molecule has 0 saturated carbocycles. The van der Waals surface area contributed by atoms with Gasteiger partial charge in [0.25, 0.3) is 5.91 Å².